The number of rotatable bonds is 5. The number of hydrogen-bond donors (Lipinski definition) is 2. The average molecular weight is 246 g/mol. The van der Waals surface area contributed by atoms with Gasteiger partial charge in [-0.25, -0.2) is 0 Å². The minimum Gasteiger partial charge on any atom is -0.440 e. The summed E-state index contributed by atoms with van der Waals surface area (Å²) < 4.78 is 4.96. The normalized spacial score (nSPS) is 14.5. The first kappa shape index (κ1) is 13.1. The maximum atomic E-state index is 11.5. The Morgan fingerprint density at radius 2 is 2.25 bits per heavy atom. The highest BCUT2D eigenvalue weighted by atomic mass is 35.5. The number of furan rings is 1. The van der Waals surface area contributed by atoms with E-state index in [4.69, 9.17) is 21.1 Å². The zero-order chi connectivity index (χ0) is 12.1. The van der Waals surface area contributed by atoms with Crippen LogP contribution in [-0.2, 0) is 0 Å². The van der Waals surface area contributed by atoms with Crippen LogP contribution < -0.4 is 5.32 Å². The molecule has 2 unspecified atom stereocenters. The highest BCUT2D eigenvalue weighted by Gasteiger charge is 2.12. The Labute approximate surface area is 99.6 Å². The third kappa shape index (κ3) is 4.24. The fourth-order valence-corrected chi connectivity index (χ4v) is 1.60. The second kappa shape index (κ2) is 5.92. The smallest absolute Gasteiger partial charge is 0.287 e. The molecular formula is C11H16ClNO3. The first-order valence-electron chi connectivity index (χ1n) is 5.20. The topological polar surface area (TPSA) is 62.5 Å². The van der Waals surface area contributed by atoms with Crippen LogP contribution in [0.15, 0.2) is 16.5 Å². The van der Waals surface area contributed by atoms with Crippen molar-refractivity contribution in [2.75, 3.05) is 6.54 Å². The van der Waals surface area contributed by atoms with E-state index in [1.807, 2.05) is 6.92 Å². The molecule has 1 aromatic heterocycles. The molecule has 0 aromatic carbocycles. The highest BCUT2D eigenvalue weighted by Crippen LogP contribution is 2.13. The highest BCUT2D eigenvalue weighted by molar-refractivity contribution is 6.29. The van der Waals surface area contributed by atoms with E-state index in [2.05, 4.69) is 5.32 Å². The van der Waals surface area contributed by atoms with Crippen molar-refractivity contribution in [3.05, 3.63) is 23.1 Å². The molecule has 16 heavy (non-hydrogen) atoms. The van der Waals surface area contributed by atoms with Crippen LogP contribution in [0.4, 0.5) is 0 Å². The maximum absolute atomic E-state index is 11.5. The van der Waals surface area contributed by atoms with Gasteiger partial charge >= 0.3 is 0 Å². The van der Waals surface area contributed by atoms with Crippen molar-refractivity contribution in [3.63, 3.8) is 0 Å². The number of carbonyl (C=O) groups excluding carboxylic acids is 1. The molecule has 1 amide bonds. The average Bonchev–Trinajstić information content (AvgIpc) is 2.60. The van der Waals surface area contributed by atoms with Crippen LogP contribution >= 0.6 is 11.6 Å². The van der Waals surface area contributed by atoms with Gasteiger partial charge in [0.2, 0.25) is 0 Å². The molecule has 1 aromatic rings. The Kier molecular flexibility index (Phi) is 4.83. The molecule has 0 saturated heterocycles. The van der Waals surface area contributed by atoms with Crippen LogP contribution in [0.1, 0.15) is 30.8 Å². The van der Waals surface area contributed by atoms with Crippen LogP contribution in [0.25, 0.3) is 0 Å². The molecule has 1 rings (SSSR count). The van der Waals surface area contributed by atoms with E-state index in [1.165, 1.54) is 12.1 Å². The van der Waals surface area contributed by atoms with Gasteiger partial charge in [0.05, 0.1) is 6.10 Å². The lowest BCUT2D eigenvalue weighted by atomic mass is 10.0. The summed E-state index contributed by atoms with van der Waals surface area (Å²) in [6.07, 6.45) is 0.295. The first-order valence-corrected chi connectivity index (χ1v) is 5.58. The minimum atomic E-state index is -0.357. The quantitative estimate of drug-likeness (QED) is 0.835. The Morgan fingerprint density at radius 3 is 2.75 bits per heavy atom. The molecule has 0 radical (unpaired) electrons. The largest absolute Gasteiger partial charge is 0.440 e. The predicted octanol–water partition coefficient (Wildman–Crippen LogP) is 2.07. The monoisotopic (exact) mass is 245 g/mol. The van der Waals surface area contributed by atoms with Crippen molar-refractivity contribution in [3.8, 4) is 0 Å². The van der Waals surface area contributed by atoms with Gasteiger partial charge < -0.3 is 14.8 Å². The summed E-state index contributed by atoms with van der Waals surface area (Å²) in [4.78, 5) is 11.5. The van der Waals surface area contributed by atoms with Crippen LogP contribution in [-0.4, -0.2) is 23.7 Å². The van der Waals surface area contributed by atoms with Gasteiger partial charge in [0, 0.05) is 6.54 Å². The third-order valence-electron chi connectivity index (χ3n) is 2.15. The summed E-state index contributed by atoms with van der Waals surface area (Å²) >= 11 is 5.56. The zero-order valence-electron chi connectivity index (χ0n) is 9.37. The van der Waals surface area contributed by atoms with E-state index in [0.717, 1.165) is 0 Å². The fourth-order valence-electron chi connectivity index (χ4n) is 1.46. The molecule has 2 N–H and O–H groups in total. The molecule has 0 fully saturated rings. The van der Waals surface area contributed by atoms with E-state index in [1.54, 1.807) is 6.92 Å². The van der Waals surface area contributed by atoms with Crippen LogP contribution in [0.5, 0.6) is 0 Å². The molecule has 0 aliphatic carbocycles. The number of nitrogens with one attached hydrogen (secondary N) is 1. The maximum Gasteiger partial charge on any atom is 0.287 e. The molecule has 0 saturated carbocycles. The second-order valence-corrected chi connectivity index (χ2v) is 4.38. The van der Waals surface area contributed by atoms with Gasteiger partial charge in [-0.3, -0.25) is 4.79 Å². The van der Waals surface area contributed by atoms with Crippen LogP contribution in [0.3, 0.4) is 0 Å². The van der Waals surface area contributed by atoms with Crippen molar-refractivity contribution >= 4 is 17.5 Å². The summed E-state index contributed by atoms with van der Waals surface area (Å²) in [6.45, 7) is 4.19. The number of aliphatic hydroxyl groups excluding tert-OH is 1. The van der Waals surface area contributed by atoms with Gasteiger partial charge in [0.15, 0.2) is 11.0 Å². The number of halogens is 1. The van der Waals surface area contributed by atoms with Crippen molar-refractivity contribution in [1.29, 1.82) is 0 Å². The fraction of sp³-hybridized carbons (Fsp3) is 0.545. The Balaban J connectivity index is 2.35. The molecule has 0 aliphatic rings. The SMILES string of the molecule is CC(O)CC(C)CNC(=O)c1ccc(Cl)o1. The zero-order valence-corrected chi connectivity index (χ0v) is 10.1. The number of amides is 1. The Morgan fingerprint density at radius 1 is 1.56 bits per heavy atom. The number of carbonyl (C=O) groups is 1. The molecule has 2 atom stereocenters. The minimum absolute atomic E-state index is 0.196. The third-order valence-corrected chi connectivity index (χ3v) is 2.35. The summed E-state index contributed by atoms with van der Waals surface area (Å²) in [5, 5.41) is 12.1. The molecule has 90 valence electrons. The lowest BCUT2D eigenvalue weighted by Gasteiger charge is -2.13. The van der Waals surface area contributed by atoms with E-state index in [0.29, 0.717) is 13.0 Å². The van der Waals surface area contributed by atoms with Gasteiger partial charge in [0.1, 0.15) is 0 Å². The van der Waals surface area contributed by atoms with E-state index < -0.39 is 0 Å². The lowest BCUT2D eigenvalue weighted by molar-refractivity contribution is 0.0912. The van der Waals surface area contributed by atoms with Gasteiger partial charge in [-0.1, -0.05) is 6.92 Å². The van der Waals surface area contributed by atoms with Crippen molar-refractivity contribution in [2.45, 2.75) is 26.4 Å². The van der Waals surface area contributed by atoms with E-state index in [-0.39, 0.29) is 28.9 Å². The Hall–Kier alpha value is -1.00. The Bertz CT molecular complexity index is 349. The van der Waals surface area contributed by atoms with Gasteiger partial charge in [-0.2, -0.15) is 0 Å². The van der Waals surface area contributed by atoms with Crippen LogP contribution in [0.2, 0.25) is 5.22 Å². The molecule has 0 aliphatic heterocycles. The number of hydrogen-bond acceptors (Lipinski definition) is 3. The molecule has 4 nitrogen and oxygen atoms in total. The van der Waals surface area contributed by atoms with Crippen LogP contribution in [0, 0.1) is 5.92 Å². The standard InChI is InChI=1S/C11H16ClNO3/c1-7(5-8(2)14)6-13-11(15)9-3-4-10(12)16-9/h3-4,7-8,14H,5-6H2,1-2H3,(H,13,15). The number of aliphatic hydroxyl groups is 1. The molecule has 1 heterocycles. The predicted molar refractivity (Wildman–Crippen MR) is 61.5 cm³/mol. The molecule has 0 spiro atoms. The van der Waals surface area contributed by atoms with Gasteiger partial charge in [-0.05, 0) is 43.0 Å². The summed E-state index contributed by atoms with van der Waals surface area (Å²) in [5.74, 6) is 0.132. The van der Waals surface area contributed by atoms with Crippen molar-refractivity contribution in [1.82, 2.24) is 5.32 Å². The lowest BCUT2D eigenvalue weighted by Crippen LogP contribution is -2.29. The molecule has 5 heteroatoms. The molecular weight excluding hydrogens is 230 g/mol. The van der Waals surface area contributed by atoms with E-state index in [9.17, 15) is 4.79 Å². The van der Waals surface area contributed by atoms with Crippen molar-refractivity contribution in [2.24, 2.45) is 5.92 Å². The second-order valence-electron chi connectivity index (χ2n) is 4.00. The van der Waals surface area contributed by atoms with Gasteiger partial charge in [0.25, 0.3) is 5.91 Å². The summed E-state index contributed by atoms with van der Waals surface area (Å²) in [7, 11) is 0. The first-order chi connectivity index (χ1) is 7.49. The summed E-state index contributed by atoms with van der Waals surface area (Å²) in [6, 6.07) is 3.05. The van der Waals surface area contributed by atoms with E-state index >= 15 is 0 Å². The molecule has 0 bridgehead atoms. The van der Waals surface area contributed by atoms with Crippen molar-refractivity contribution < 1.29 is 14.3 Å². The van der Waals surface area contributed by atoms with Gasteiger partial charge in [-0.15, -0.1) is 0 Å². The summed E-state index contributed by atoms with van der Waals surface area (Å²) in [5.41, 5.74) is 0.